The molecule has 7 heteroatoms. The molecule has 6 nitrogen and oxygen atoms in total. The molecule has 0 spiro atoms. The zero-order valence-corrected chi connectivity index (χ0v) is 14.3. The normalized spacial score (nSPS) is 15.0. The molecule has 2 heterocycles. The Hall–Kier alpha value is -1.89. The first-order chi connectivity index (χ1) is 11.6. The second-order valence-corrected chi connectivity index (χ2v) is 6.23. The van der Waals surface area contributed by atoms with E-state index < -0.39 is 0 Å². The Labute approximate surface area is 146 Å². The fraction of sp³-hybridized carbons (Fsp3) is 0.412. The summed E-state index contributed by atoms with van der Waals surface area (Å²) >= 11 is 6.00. The largest absolute Gasteiger partial charge is 0.439 e. The van der Waals surface area contributed by atoms with Gasteiger partial charge in [-0.15, -0.1) is 0 Å². The molecule has 1 aromatic carbocycles. The van der Waals surface area contributed by atoms with E-state index in [9.17, 15) is 4.79 Å². The van der Waals surface area contributed by atoms with Gasteiger partial charge >= 0.3 is 0 Å². The molecule has 0 radical (unpaired) electrons. The molecule has 0 N–H and O–H groups in total. The molecule has 0 saturated carbocycles. The van der Waals surface area contributed by atoms with Crippen molar-refractivity contribution in [3.8, 4) is 11.3 Å². The summed E-state index contributed by atoms with van der Waals surface area (Å²) in [6, 6.07) is 7.43. The van der Waals surface area contributed by atoms with Crippen LogP contribution in [0.3, 0.4) is 0 Å². The Balaban J connectivity index is 1.57. The number of carbonyl (C=O) groups is 1. The highest BCUT2D eigenvalue weighted by Crippen LogP contribution is 2.23. The average molecular weight is 350 g/mol. The van der Waals surface area contributed by atoms with E-state index in [0.29, 0.717) is 56.1 Å². The van der Waals surface area contributed by atoms with Gasteiger partial charge in [0.25, 0.3) is 0 Å². The van der Waals surface area contributed by atoms with E-state index in [2.05, 4.69) is 4.98 Å². The van der Waals surface area contributed by atoms with Gasteiger partial charge in [0.05, 0.1) is 32.5 Å². The van der Waals surface area contributed by atoms with Gasteiger partial charge in [-0.05, 0) is 19.2 Å². The second kappa shape index (κ2) is 7.79. The predicted octanol–water partition coefficient (Wildman–Crippen LogP) is 2.29. The molecule has 128 valence electrons. The quantitative estimate of drug-likeness (QED) is 0.829. The van der Waals surface area contributed by atoms with Crippen LogP contribution >= 0.6 is 11.6 Å². The number of benzene rings is 1. The van der Waals surface area contributed by atoms with Gasteiger partial charge in [-0.25, -0.2) is 4.98 Å². The Kier molecular flexibility index (Phi) is 5.50. The van der Waals surface area contributed by atoms with Crippen molar-refractivity contribution in [3.63, 3.8) is 0 Å². The number of ether oxygens (including phenoxy) is 1. The van der Waals surface area contributed by atoms with Gasteiger partial charge in [-0.3, -0.25) is 9.69 Å². The van der Waals surface area contributed by atoms with Gasteiger partial charge in [0, 0.05) is 23.7 Å². The van der Waals surface area contributed by atoms with Gasteiger partial charge in [-0.2, -0.15) is 0 Å². The Morgan fingerprint density at radius 1 is 1.38 bits per heavy atom. The maximum Gasteiger partial charge on any atom is 0.236 e. The summed E-state index contributed by atoms with van der Waals surface area (Å²) in [4.78, 5) is 20.2. The summed E-state index contributed by atoms with van der Waals surface area (Å²) in [5, 5.41) is 0.652. The van der Waals surface area contributed by atoms with Crippen LogP contribution in [0.1, 0.15) is 5.89 Å². The molecule has 0 aliphatic carbocycles. The van der Waals surface area contributed by atoms with E-state index in [1.165, 1.54) is 0 Å². The lowest BCUT2D eigenvalue weighted by atomic mass is 10.2. The van der Waals surface area contributed by atoms with Crippen LogP contribution in [0.15, 0.2) is 34.9 Å². The number of rotatable bonds is 5. The van der Waals surface area contributed by atoms with Crippen LogP contribution in [0.4, 0.5) is 0 Å². The summed E-state index contributed by atoms with van der Waals surface area (Å²) in [7, 11) is 1.88. The van der Waals surface area contributed by atoms with Crippen molar-refractivity contribution in [1.29, 1.82) is 0 Å². The van der Waals surface area contributed by atoms with Crippen molar-refractivity contribution in [2.24, 2.45) is 0 Å². The predicted molar refractivity (Wildman–Crippen MR) is 90.7 cm³/mol. The Morgan fingerprint density at radius 3 is 2.92 bits per heavy atom. The molecule has 24 heavy (non-hydrogen) atoms. The standard InChI is InChI=1S/C17H20ClN3O3/c1-20(12-17(22)21-5-7-23-8-6-21)11-16-19-10-15(24-16)13-3-2-4-14(18)9-13/h2-4,9-10H,5-8,11-12H2,1H3. The van der Waals surface area contributed by atoms with Crippen LogP contribution < -0.4 is 0 Å². The van der Waals surface area contributed by atoms with Crippen LogP contribution in [0, 0.1) is 0 Å². The molecule has 0 atom stereocenters. The molecule has 1 fully saturated rings. The number of amides is 1. The van der Waals surface area contributed by atoms with E-state index in [1.807, 2.05) is 41.1 Å². The maximum atomic E-state index is 12.2. The molecular formula is C17H20ClN3O3. The van der Waals surface area contributed by atoms with E-state index in [0.717, 1.165) is 5.56 Å². The number of nitrogens with zero attached hydrogens (tertiary/aromatic N) is 3. The average Bonchev–Trinajstić information content (AvgIpc) is 3.04. The molecule has 0 unspecified atom stereocenters. The third-order valence-electron chi connectivity index (χ3n) is 3.84. The van der Waals surface area contributed by atoms with Crippen molar-refractivity contribution in [1.82, 2.24) is 14.8 Å². The number of likely N-dealkylation sites (N-methyl/N-ethyl adjacent to an activating group) is 1. The lowest BCUT2D eigenvalue weighted by Crippen LogP contribution is -2.44. The number of hydrogen-bond donors (Lipinski definition) is 0. The first-order valence-corrected chi connectivity index (χ1v) is 8.24. The number of carbonyl (C=O) groups excluding carboxylic acids is 1. The summed E-state index contributed by atoms with van der Waals surface area (Å²) in [5.41, 5.74) is 0.883. The van der Waals surface area contributed by atoms with Crippen LogP contribution in [0.5, 0.6) is 0 Å². The van der Waals surface area contributed by atoms with E-state index in [4.69, 9.17) is 20.8 Å². The monoisotopic (exact) mass is 349 g/mol. The maximum absolute atomic E-state index is 12.2. The summed E-state index contributed by atoms with van der Waals surface area (Å²) in [6.07, 6.45) is 1.68. The minimum absolute atomic E-state index is 0.0995. The number of aromatic nitrogens is 1. The smallest absolute Gasteiger partial charge is 0.236 e. The molecule has 0 bridgehead atoms. The fourth-order valence-corrected chi connectivity index (χ4v) is 2.78. The van der Waals surface area contributed by atoms with Crippen molar-refractivity contribution in [2.75, 3.05) is 39.9 Å². The lowest BCUT2D eigenvalue weighted by Gasteiger charge is -2.28. The van der Waals surface area contributed by atoms with E-state index in [1.54, 1.807) is 6.20 Å². The molecular weight excluding hydrogens is 330 g/mol. The molecule has 1 aromatic heterocycles. The van der Waals surface area contributed by atoms with Gasteiger partial charge in [0.1, 0.15) is 0 Å². The Bertz CT molecular complexity index is 698. The highest BCUT2D eigenvalue weighted by molar-refractivity contribution is 6.30. The van der Waals surface area contributed by atoms with Gasteiger partial charge in [-0.1, -0.05) is 23.7 Å². The van der Waals surface area contributed by atoms with Crippen LogP contribution in [-0.4, -0.2) is 60.6 Å². The molecule has 1 saturated heterocycles. The first-order valence-electron chi connectivity index (χ1n) is 7.86. The topological polar surface area (TPSA) is 58.8 Å². The lowest BCUT2D eigenvalue weighted by molar-refractivity contribution is -0.136. The van der Waals surface area contributed by atoms with Gasteiger partial charge < -0.3 is 14.1 Å². The van der Waals surface area contributed by atoms with E-state index >= 15 is 0 Å². The number of halogens is 1. The van der Waals surface area contributed by atoms with Crippen LogP contribution in [0.2, 0.25) is 5.02 Å². The highest BCUT2D eigenvalue weighted by atomic mass is 35.5. The van der Waals surface area contributed by atoms with Crippen molar-refractivity contribution in [3.05, 3.63) is 41.4 Å². The highest BCUT2D eigenvalue weighted by Gasteiger charge is 2.19. The number of morpholine rings is 1. The number of oxazole rings is 1. The third-order valence-corrected chi connectivity index (χ3v) is 4.07. The summed E-state index contributed by atoms with van der Waals surface area (Å²) < 4.78 is 11.0. The van der Waals surface area contributed by atoms with Gasteiger partial charge in [0.15, 0.2) is 5.76 Å². The van der Waals surface area contributed by atoms with Crippen molar-refractivity contribution >= 4 is 17.5 Å². The summed E-state index contributed by atoms with van der Waals surface area (Å²) in [5.74, 6) is 1.34. The molecule has 3 rings (SSSR count). The zero-order chi connectivity index (χ0) is 16.9. The van der Waals surface area contributed by atoms with Crippen LogP contribution in [0.25, 0.3) is 11.3 Å². The molecule has 2 aromatic rings. The minimum atomic E-state index is 0.0995. The van der Waals surface area contributed by atoms with Crippen molar-refractivity contribution in [2.45, 2.75) is 6.54 Å². The van der Waals surface area contributed by atoms with Crippen molar-refractivity contribution < 1.29 is 13.9 Å². The summed E-state index contributed by atoms with van der Waals surface area (Å²) in [6.45, 7) is 3.33. The molecule has 1 aliphatic heterocycles. The molecule has 1 amide bonds. The SMILES string of the molecule is CN(CC(=O)N1CCOCC1)Cc1ncc(-c2cccc(Cl)c2)o1. The Morgan fingerprint density at radius 2 is 2.17 bits per heavy atom. The minimum Gasteiger partial charge on any atom is -0.439 e. The van der Waals surface area contributed by atoms with Gasteiger partial charge in [0.2, 0.25) is 11.8 Å². The molecule has 1 aliphatic rings. The fourth-order valence-electron chi connectivity index (χ4n) is 2.59. The number of hydrogen-bond acceptors (Lipinski definition) is 5. The third kappa shape index (κ3) is 4.35. The first kappa shape index (κ1) is 17.0. The van der Waals surface area contributed by atoms with Crippen LogP contribution in [-0.2, 0) is 16.1 Å². The second-order valence-electron chi connectivity index (χ2n) is 5.79. The zero-order valence-electron chi connectivity index (χ0n) is 13.6. The van der Waals surface area contributed by atoms with E-state index in [-0.39, 0.29) is 5.91 Å².